The van der Waals surface area contributed by atoms with E-state index in [1.807, 2.05) is 0 Å². The van der Waals surface area contributed by atoms with Gasteiger partial charge in [-0.1, -0.05) is 5.16 Å². The normalized spacial score (nSPS) is 12.0. The summed E-state index contributed by atoms with van der Waals surface area (Å²) in [6, 6.07) is 6.97. The van der Waals surface area contributed by atoms with E-state index in [1.54, 1.807) is 26.0 Å². The molecule has 0 saturated heterocycles. The highest BCUT2D eigenvalue weighted by Gasteiger charge is 2.29. The number of nitriles is 1. The summed E-state index contributed by atoms with van der Waals surface area (Å²) in [4.78, 5) is 24.2. The lowest BCUT2D eigenvalue weighted by atomic mass is 10.2. The molecular weight excluding hydrogens is 425 g/mol. The standard InChI is InChI=1S/C18H17F3N4O4S/c1-10-5-15(25-29-10)24-17(27)11(2)30-8-16(26)23-13-3-4-14(12(6-13)7-22)28-9-18(19,20)21/h3-6,11H,8-9H2,1-2H3,(H,23,26)(H,24,25,27). The van der Waals surface area contributed by atoms with E-state index in [-0.39, 0.29) is 34.5 Å². The summed E-state index contributed by atoms with van der Waals surface area (Å²) in [5.41, 5.74) is 0.0621. The van der Waals surface area contributed by atoms with Gasteiger partial charge in [0.2, 0.25) is 11.8 Å². The Balaban J connectivity index is 1.86. The molecule has 1 atom stereocenters. The van der Waals surface area contributed by atoms with Gasteiger partial charge in [-0.3, -0.25) is 9.59 Å². The molecule has 0 fully saturated rings. The number of aryl methyl sites for hydroxylation is 1. The quantitative estimate of drug-likeness (QED) is 0.643. The lowest BCUT2D eigenvalue weighted by molar-refractivity contribution is -0.153. The Morgan fingerprint density at radius 2 is 2.07 bits per heavy atom. The Labute approximate surface area is 173 Å². The highest BCUT2D eigenvalue weighted by molar-refractivity contribution is 8.01. The van der Waals surface area contributed by atoms with Crippen LogP contribution in [-0.2, 0) is 9.59 Å². The van der Waals surface area contributed by atoms with E-state index in [0.717, 1.165) is 11.8 Å². The number of thioether (sulfide) groups is 1. The van der Waals surface area contributed by atoms with Crippen molar-refractivity contribution in [2.24, 2.45) is 0 Å². The minimum atomic E-state index is -4.54. The van der Waals surface area contributed by atoms with Crippen LogP contribution in [0.3, 0.4) is 0 Å². The molecule has 8 nitrogen and oxygen atoms in total. The summed E-state index contributed by atoms with van der Waals surface area (Å²) in [7, 11) is 0. The van der Waals surface area contributed by atoms with Crippen LogP contribution < -0.4 is 15.4 Å². The Morgan fingerprint density at radius 1 is 1.33 bits per heavy atom. The number of aromatic nitrogens is 1. The molecule has 2 amide bonds. The van der Waals surface area contributed by atoms with E-state index in [1.165, 1.54) is 18.2 Å². The third kappa shape index (κ3) is 7.32. The van der Waals surface area contributed by atoms with Crippen LogP contribution in [0.5, 0.6) is 5.75 Å². The maximum atomic E-state index is 12.3. The number of halogens is 3. The maximum absolute atomic E-state index is 12.3. The van der Waals surface area contributed by atoms with Crippen molar-refractivity contribution in [1.82, 2.24) is 5.16 Å². The van der Waals surface area contributed by atoms with Gasteiger partial charge in [0, 0.05) is 11.8 Å². The Kier molecular flexibility index (Phi) is 7.71. The second kappa shape index (κ2) is 10.0. The van der Waals surface area contributed by atoms with Gasteiger partial charge in [0.15, 0.2) is 12.4 Å². The van der Waals surface area contributed by atoms with Crippen molar-refractivity contribution in [2.75, 3.05) is 23.0 Å². The summed E-state index contributed by atoms with van der Waals surface area (Å²) in [6.07, 6.45) is -4.54. The monoisotopic (exact) mass is 442 g/mol. The molecule has 2 N–H and O–H groups in total. The molecule has 0 spiro atoms. The summed E-state index contributed by atoms with van der Waals surface area (Å²) in [6.45, 7) is 1.76. The Bertz CT molecular complexity index is 956. The molecule has 0 saturated carbocycles. The second-order valence-corrected chi connectivity index (χ2v) is 7.37. The number of nitrogens with zero attached hydrogens (tertiary/aromatic N) is 2. The number of rotatable bonds is 8. The summed E-state index contributed by atoms with van der Waals surface area (Å²) < 4.78 is 46.2. The van der Waals surface area contributed by atoms with Gasteiger partial charge in [0.1, 0.15) is 17.6 Å². The number of hydrogen-bond donors (Lipinski definition) is 2. The van der Waals surface area contributed by atoms with Crippen molar-refractivity contribution in [3.05, 3.63) is 35.6 Å². The van der Waals surface area contributed by atoms with Crippen molar-refractivity contribution in [2.45, 2.75) is 25.3 Å². The lowest BCUT2D eigenvalue weighted by Crippen LogP contribution is -2.25. The van der Waals surface area contributed by atoms with Gasteiger partial charge < -0.3 is 19.9 Å². The van der Waals surface area contributed by atoms with Gasteiger partial charge in [0.25, 0.3) is 0 Å². The molecule has 2 aromatic rings. The van der Waals surface area contributed by atoms with Crippen LogP contribution >= 0.6 is 11.8 Å². The molecule has 30 heavy (non-hydrogen) atoms. The first-order valence-corrected chi connectivity index (χ1v) is 9.51. The van der Waals surface area contributed by atoms with E-state index in [9.17, 15) is 22.8 Å². The number of ether oxygens (including phenoxy) is 1. The Hall–Kier alpha value is -3.20. The fraction of sp³-hybridized carbons (Fsp3) is 0.333. The maximum Gasteiger partial charge on any atom is 0.422 e. The zero-order chi connectivity index (χ0) is 22.3. The average molecular weight is 442 g/mol. The number of hydrogen-bond acceptors (Lipinski definition) is 7. The summed E-state index contributed by atoms with van der Waals surface area (Å²) in [5, 5.41) is 17.2. The van der Waals surface area contributed by atoms with Crippen molar-refractivity contribution in [3.8, 4) is 11.8 Å². The number of carbonyl (C=O) groups excluding carboxylic acids is 2. The Morgan fingerprint density at radius 3 is 2.67 bits per heavy atom. The first-order chi connectivity index (χ1) is 14.1. The van der Waals surface area contributed by atoms with Crippen LogP contribution in [0.15, 0.2) is 28.8 Å². The molecule has 1 aromatic heterocycles. The lowest BCUT2D eigenvalue weighted by Gasteiger charge is -2.12. The minimum Gasteiger partial charge on any atom is -0.483 e. The van der Waals surface area contributed by atoms with Crippen LogP contribution in [0.25, 0.3) is 0 Å². The van der Waals surface area contributed by atoms with Crippen LogP contribution in [0, 0.1) is 18.3 Å². The largest absolute Gasteiger partial charge is 0.483 e. The summed E-state index contributed by atoms with van der Waals surface area (Å²) >= 11 is 1.06. The van der Waals surface area contributed by atoms with Gasteiger partial charge in [-0.2, -0.15) is 18.4 Å². The molecule has 1 aromatic carbocycles. The van der Waals surface area contributed by atoms with Crippen molar-refractivity contribution < 1.29 is 32.0 Å². The third-order valence-electron chi connectivity index (χ3n) is 3.49. The number of amides is 2. The predicted octanol–water partition coefficient (Wildman–Crippen LogP) is 3.49. The van der Waals surface area contributed by atoms with Crippen LogP contribution in [0.2, 0.25) is 0 Å². The molecule has 0 aliphatic rings. The molecule has 12 heteroatoms. The second-order valence-electron chi connectivity index (χ2n) is 6.04. The average Bonchev–Trinajstić information content (AvgIpc) is 3.08. The van der Waals surface area contributed by atoms with Crippen LogP contribution in [0.4, 0.5) is 24.7 Å². The highest BCUT2D eigenvalue weighted by atomic mass is 32.2. The number of alkyl halides is 3. The zero-order valence-electron chi connectivity index (χ0n) is 15.9. The van der Waals surface area contributed by atoms with Crippen LogP contribution in [-0.4, -0.2) is 40.8 Å². The smallest absolute Gasteiger partial charge is 0.422 e. The molecule has 2 rings (SSSR count). The zero-order valence-corrected chi connectivity index (χ0v) is 16.7. The minimum absolute atomic E-state index is 0.0688. The topological polar surface area (TPSA) is 117 Å². The fourth-order valence-electron chi connectivity index (χ4n) is 2.11. The van der Waals surface area contributed by atoms with E-state index in [4.69, 9.17) is 9.78 Å². The van der Waals surface area contributed by atoms with Crippen molar-refractivity contribution in [3.63, 3.8) is 0 Å². The van der Waals surface area contributed by atoms with Crippen molar-refractivity contribution in [1.29, 1.82) is 5.26 Å². The molecule has 160 valence electrons. The molecule has 1 heterocycles. The number of anilines is 2. The van der Waals surface area contributed by atoms with E-state index in [2.05, 4.69) is 20.5 Å². The van der Waals surface area contributed by atoms with Gasteiger partial charge in [-0.25, -0.2) is 0 Å². The van der Waals surface area contributed by atoms with Gasteiger partial charge >= 0.3 is 6.18 Å². The molecule has 0 radical (unpaired) electrons. The molecule has 1 unspecified atom stereocenters. The van der Waals surface area contributed by atoms with Crippen LogP contribution in [0.1, 0.15) is 18.2 Å². The summed E-state index contributed by atoms with van der Waals surface area (Å²) in [5.74, 6) is -0.317. The first kappa shape index (κ1) is 23.1. The predicted molar refractivity (Wildman–Crippen MR) is 103 cm³/mol. The molecule has 0 aliphatic heterocycles. The SMILES string of the molecule is Cc1cc(NC(=O)C(C)SCC(=O)Nc2ccc(OCC(F)(F)F)c(C#N)c2)no1. The number of carbonyl (C=O) groups is 2. The molecule has 0 aliphatic carbocycles. The fourth-order valence-corrected chi connectivity index (χ4v) is 2.79. The van der Waals surface area contributed by atoms with Gasteiger partial charge in [-0.05, 0) is 32.0 Å². The van der Waals surface area contributed by atoms with Crippen molar-refractivity contribution >= 4 is 35.1 Å². The van der Waals surface area contributed by atoms with Gasteiger partial charge in [-0.15, -0.1) is 11.8 Å². The van der Waals surface area contributed by atoms with E-state index < -0.39 is 23.9 Å². The van der Waals surface area contributed by atoms with E-state index >= 15 is 0 Å². The third-order valence-corrected chi connectivity index (χ3v) is 4.63. The number of nitrogens with one attached hydrogen (secondary N) is 2. The first-order valence-electron chi connectivity index (χ1n) is 8.46. The van der Waals surface area contributed by atoms with E-state index in [0.29, 0.717) is 5.76 Å². The van der Waals surface area contributed by atoms with Gasteiger partial charge in [0.05, 0.1) is 16.6 Å². The molecule has 0 bridgehead atoms. The molecular formula is C18H17F3N4O4S. The highest BCUT2D eigenvalue weighted by Crippen LogP contribution is 2.25. The number of benzene rings is 1.